The lowest BCUT2D eigenvalue weighted by Gasteiger charge is -2.32. The third-order valence-electron chi connectivity index (χ3n) is 5.18. The summed E-state index contributed by atoms with van der Waals surface area (Å²) in [6.07, 6.45) is 9.16. The molecule has 1 saturated heterocycles. The van der Waals surface area contributed by atoms with E-state index >= 15 is 0 Å². The summed E-state index contributed by atoms with van der Waals surface area (Å²) in [5.41, 5.74) is 2.13. The first-order chi connectivity index (χ1) is 15.0. The number of hydrogen-bond acceptors (Lipinski definition) is 4. The van der Waals surface area contributed by atoms with Crippen LogP contribution in [0.2, 0.25) is 0 Å². The standard InChI is InChI=1S/C24H28N4O3/c1-3-15-31-21-9-7-19(8-10-21)12-13-25-24(30)28-14-4-5-20(17-28)23(29)27-22-11-6-18(2)16-26-22/h1,6-11,16,20H,4-5,12-15,17H2,2H3,(H,25,30)(H,26,27,29). The first-order valence-electron chi connectivity index (χ1n) is 10.5. The monoisotopic (exact) mass is 420 g/mol. The molecule has 2 N–H and O–H groups in total. The van der Waals surface area contributed by atoms with Gasteiger partial charge in [0, 0.05) is 25.8 Å². The van der Waals surface area contributed by atoms with Crippen molar-refractivity contribution in [3.8, 4) is 18.1 Å². The minimum atomic E-state index is -0.238. The lowest BCUT2D eigenvalue weighted by Crippen LogP contribution is -2.48. The average molecular weight is 421 g/mol. The number of urea groups is 1. The van der Waals surface area contributed by atoms with Crippen LogP contribution in [0.3, 0.4) is 0 Å². The second-order valence-electron chi connectivity index (χ2n) is 7.61. The van der Waals surface area contributed by atoms with E-state index in [2.05, 4.69) is 21.5 Å². The van der Waals surface area contributed by atoms with E-state index in [1.807, 2.05) is 37.3 Å². The number of aryl methyl sites for hydroxylation is 1. The van der Waals surface area contributed by atoms with E-state index in [0.29, 0.717) is 31.9 Å². The van der Waals surface area contributed by atoms with Crippen LogP contribution in [0.4, 0.5) is 10.6 Å². The molecule has 7 heteroatoms. The number of carbonyl (C=O) groups is 2. The van der Waals surface area contributed by atoms with Gasteiger partial charge in [-0.1, -0.05) is 24.1 Å². The van der Waals surface area contributed by atoms with Crippen LogP contribution < -0.4 is 15.4 Å². The van der Waals surface area contributed by atoms with E-state index in [-0.39, 0.29) is 24.5 Å². The number of piperidine rings is 1. The van der Waals surface area contributed by atoms with Gasteiger partial charge >= 0.3 is 6.03 Å². The molecular weight excluding hydrogens is 392 g/mol. The summed E-state index contributed by atoms with van der Waals surface area (Å²) in [5, 5.41) is 5.80. The van der Waals surface area contributed by atoms with E-state index in [1.54, 1.807) is 17.2 Å². The Balaban J connectivity index is 1.43. The van der Waals surface area contributed by atoms with Crippen molar-refractivity contribution in [1.29, 1.82) is 0 Å². The maximum atomic E-state index is 12.6. The molecule has 2 heterocycles. The molecule has 3 amide bonds. The predicted molar refractivity (Wildman–Crippen MR) is 120 cm³/mol. The molecule has 7 nitrogen and oxygen atoms in total. The highest BCUT2D eigenvalue weighted by atomic mass is 16.5. The van der Waals surface area contributed by atoms with Crippen molar-refractivity contribution < 1.29 is 14.3 Å². The van der Waals surface area contributed by atoms with Gasteiger partial charge in [0.1, 0.15) is 18.2 Å². The number of pyridine rings is 1. The summed E-state index contributed by atoms with van der Waals surface area (Å²) in [5.74, 6) is 3.36. The Kier molecular flexibility index (Phi) is 7.88. The smallest absolute Gasteiger partial charge is 0.317 e. The number of benzene rings is 1. The Morgan fingerprint density at radius 3 is 2.77 bits per heavy atom. The number of aromatic nitrogens is 1. The van der Waals surface area contributed by atoms with Crippen molar-refractivity contribution in [1.82, 2.24) is 15.2 Å². The molecule has 1 aromatic heterocycles. The van der Waals surface area contributed by atoms with Gasteiger partial charge in [-0.25, -0.2) is 9.78 Å². The topological polar surface area (TPSA) is 83.6 Å². The summed E-state index contributed by atoms with van der Waals surface area (Å²) in [4.78, 5) is 31.1. The molecule has 3 rings (SSSR count). The number of nitrogens with one attached hydrogen (secondary N) is 2. The number of likely N-dealkylation sites (tertiary alicyclic amines) is 1. The highest BCUT2D eigenvalue weighted by molar-refractivity contribution is 5.92. The quantitative estimate of drug-likeness (QED) is 0.675. The number of rotatable bonds is 7. The van der Waals surface area contributed by atoms with Crippen LogP contribution in [0, 0.1) is 25.2 Å². The molecule has 0 radical (unpaired) electrons. The Morgan fingerprint density at radius 1 is 1.26 bits per heavy atom. The SMILES string of the molecule is C#CCOc1ccc(CCNC(=O)N2CCCC(C(=O)Nc3ccc(C)cn3)C2)cc1. The molecule has 0 saturated carbocycles. The molecule has 0 bridgehead atoms. The van der Waals surface area contributed by atoms with Crippen LogP contribution in [0.25, 0.3) is 0 Å². The number of carbonyl (C=O) groups excluding carboxylic acids is 2. The van der Waals surface area contributed by atoms with Gasteiger partial charge in [0.2, 0.25) is 5.91 Å². The van der Waals surface area contributed by atoms with Gasteiger partial charge in [-0.15, -0.1) is 6.42 Å². The number of nitrogens with zero attached hydrogens (tertiary/aromatic N) is 2. The van der Waals surface area contributed by atoms with Crippen LogP contribution in [0.15, 0.2) is 42.6 Å². The fraction of sp³-hybridized carbons (Fsp3) is 0.375. The summed E-state index contributed by atoms with van der Waals surface area (Å²) in [6, 6.07) is 11.2. The molecule has 1 fully saturated rings. The number of hydrogen-bond donors (Lipinski definition) is 2. The van der Waals surface area contributed by atoms with Crippen molar-refractivity contribution >= 4 is 17.8 Å². The maximum absolute atomic E-state index is 12.6. The molecule has 31 heavy (non-hydrogen) atoms. The molecule has 162 valence electrons. The van der Waals surface area contributed by atoms with Gasteiger partial charge in [-0.3, -0.25) is 4.79 Å². The van der Waals surface area contributed by atoms with Crippen molar-refractivity contribution in [2.24, 2.45) is 5.92 Å². The normalized spacial score (nSPS) is 15.6. The molecule has 0 aliphatic carbocycles. The molecule has 1 atom stereocenters. The summed E-state index contributed by atoms with van der Waals surface area (Å²) >= 11 is 0. The van der Waals surface area contributed by atoms with E-state index in [4.69, 9.17) is 11.2 Å². The van der Waals surface area contributed by atoms with E-state index in [0.717, 1.165) is 29.7 Å². The van der Waals surface area contributed by atoms with Crippen molar-refractivity contribution in [3.63, 3.8) is 0 Å². The number of ether oxygens (including phenoxy) is 1. The second kappa shape index (κ2) is 11.0. The molecular formula is C24H28N4O3. The predicted octanol–water partition coefficient (Wildman–Crippen LogP) is 3.00. The molecule has 1 aliphatic heterocycles. The van der Waals surface area contributed by atoms with Gasteiger partial charge in [0.05, 0.1) is 5.92 Å². The molecule has 1 unspecified atom stereocenters. The lowest BCUT2D eigenvalue weighted by atomic mass is 9.97. The zero-order chi connectivity index (χ0) is 22.1. The first kappa shape index (κ1) is 22.2. The second-order valence-corrected chi connectivity index (χ2v) is 7.61. The Bertz CT molecular complexity index is 919. The van der Waals surface area contributed by atoms with Crippen LogP contribution >= 0.6 is 0 Å². The van der Waals surface area contributed by atoms with Crippen LogP contribution in [-0.2, 0) is 11.2 Å². The number of amides is 3. The first-order valence-corrected chi connectivity index (χ1v) is 10.5. The Morgan fingerprint density at radius 2 is 2.06 bits per heavy atom. The molecule has 1 aromatic carbocycles. The lowest BCUT2D eigenvalue weighted by molar-refractivity contribution is -0.121. The van der Waals surface area contributed by atoms with Crippen LogP contribution in [0.5, 0.6) is 5.75 Å². The Hall–Kier alpha value is -3.53. The molecule has 2 aromatic rings. The van der Waals surface area contributed by atoms with Gasteiger partial charge < -0.3 is 20.3 Å². The van der Waals surface area contributed by atoms with Gasteiger partial charge in [0.15, 0.2) is 0 Å². The highest BCUT2D eigenvalue weighted by Gasteiger charge is 2.28. The highest BCUT2D eigenvalue weighted by Crippen LogP contribution is 2.19. The minimum Gasteiger partial charge on any atom is -0.481 e. The molecule has 0 spiro atoms. The average Bonchev–Trinajstić information content (AvgIpc) is 2.80. The largest absolute Gasteiger partial charge is 0.481 e. The third-order valence-corrected chi connectivity index (χ3v) is 5.18. The zero-order valence-electron chi connectivity index (χ0n) is 17.8. The number of anilines is 1. The van der Waals surface area contributed by atoms with Crippen molar-refractivity contribution in [2.45, 2.75) is 26.2 Å². The fourth-order valence-electron chi connectivity index (χ4n) is 3.45. The fourth-order valence-corrected chi connectivity index (χ4v) is 3.45. The minimum absolute atomic E-state index is 0.0963. The van der Waals surface area contributed by atoms with Crippen molar-refractivity contribution in [3.05, 3.63) is 53.7 Å². The summed E-state index contributed by atoms with van der Waals surface area (Å²) in [6.45, 7) is 3.76. The maximum Gasteiger partial charge on any atom is 0.317 e. The van der Waals surface area contributed by atoms with Crippen LogP contribution in [-0.4, -0.2) is 48.1 Å². The van der Waals surface area contributed by atoms with Crippen molar-refractivity contribution in [2.75, 3.05) is 31.6 Å². The van der Waals surface area contributed by atoms with E-state index in [1.165, 1.54) is 0 Å². The van der Waals surface area contributed by atoms with Gasteiger partial charge in [-0.2, -0.15) is 0 Å². The third kappa shape index (κ3) is 6.75. The molecule has 1 aliphatic rings. The Labute approximate surface area is 183 Å². The van der Waals surface area contributed by atoms with Gasteiger partial charge in [0.25, 0.3) is 0 Å². The van der Waals surface area contributed by atoms with E-state index < -0.39 is 0 Å². The van der Waals surface area contributed by atoms with Crippen LogP contribution in [0.1, 0.15) is 24.0 Å². The zero-order valence-corrected chi connectivity index (χ0v) is 17.8. The van der Waals surface area contributed by atoms with Gasteiger partial charge in [-0.05, 0) is 55.5 Å². The summed E-state index contributed by atoms with van der Waals surface area (Å²) < 4.78 is 5.36. The number of terminal acetylenes is 1. The van der Waals surface area contributed by atoms with E-state index in [9.17, 15) is 9.59 Å². The summed E-state index contributed by atoms with van der Waals surface area (Å²) in [7, 11) is 0.